The van der Waals surface area contributed by atoms with E-state index in [-0.39, 0.29) is 10.8 Å². The van der Waals surface area contributed by atoms with Crippen LogP contribution in [0.1, 0.15) is 10.4 Å². The molecular weight excluding hydrogens is 346 g/mol. The summed E-state index contributed by atoms with van der Waals surface area (Å²) < 4.78 is 10.6. The molecule has 0 aliphatic heterocycles. The van der Waals surface area contributed by atoms with Crippen LogP contribution >= 0.6 is 11.6 Å². The molecule has 0 spiro atoms. The van der Waals surface area contributed by atoms with Crippen molar-refractivity contribution >= 4 is 40.0 Å². The smallest absolute Gasteiger partial charge is 0.335 e. The number of carboxylic acid groups (broad SMARTS) is 1. The van der Waals surface area contributed by atoms with E-state index in [1.807, 2.05) is 0 Å². The summed E-state index contributed by atoms with van der Waals surface area (Å²) in [4.78, 5) is 19.5. The van der Waals surface area contributed by atoms with Crippen LogP contribution in [0.3, 0.4) is 0 Å². The fraction of sp³-hybridized carbons (Fsp3) is 0.118. The lowest BCUT2D eigenvalue weighted by Crippen LogP contribution is -2.01. The van der Waals surface area contributed by atoms with Crippen LogP contribution in [-0.4, -0.2) is 35.3 Å². The highest BCUT2D eigenvalue weighted by Crippen LogP contribution is 2.35. The van der Waals surface area contributed by atoms with E-state index in [1.54, 1.807) is 24.3 Å². The molecule has 0 aliphatic rings. The molecule has 0 amide bonds. The van der Waals surface area contributed by atoms with Gasteiger partial charge in [0.05, 0.1) is 25.3 Å². The van der Waals surface area contributed by atoms with E-state index in [0.29, 0.717) is 33.9 Å². The first-order chi connectivity index (χ1) is 12.0. The van der Waals surface area contributed by atoms with Gasteiger partial charge < -0.3 is 19.9 Å². The number of methoxy groups -OCH3 is 2. The maximum atomic E-state index is 11.1. The van der Waals surface area contributed by atoms with E-state index < -0.39 is 5.97 Å². The van der Waals surface area contributed by atoms with Gasteiger partial charge in [0.2, 0.25) is 5.28 Å². The van der Waals surface area contributed by atoms with Crippen LogP contribution in [0.25, 0.3) is 10.9 Å². The Morgan fingerprint density at radius 3 is 2.52 bits per heavy atom. The molecule has 1 heterocycles. The second kappa shape index (κ2) is 6.82. The quantitative estimate of drug-likeness (QED) is 0.670. The first kappa shape index (κ1) is 16.8. The third kappa shape index (κ3) is 3.41. The minimum absolute atomic E-state index is 0.0524. The molecule has 0 aliphatic carbocycles. The van der Waals surface area contributed by atoms with Gasteiger partial charge in [0.1, 0.15) is 5.82 Å². The van der Waals surface area contributed by atoms with Gasteiger partial charge >= 0.3 is 5.97 Å². The number of nitrogens with zero attached hydrogens (tertiary/aromatic N) is 2. The first-order valence-electron chi connectivity index (χ1n) is 7.21. The number of carbonyl (C=O) groups is 1. The molecule has 25 heavy (non-hydrogen) atoms. The lowest BCUT2D eigenvalue weighted by atomic mass is 10.2. The molecule has 2 N–H and O–H groups in total. The molecule has 0 saturated heterocycles. The summed E-state index contributed by atoms with van der Waals surface area (Å²) in [5.41, 5.74) is 1.29. The Morgan fingerprint density at radius 1 is 1.12 bits per heavy atom. The standard InChI is InChI=1S/C17H14ClN3O4/c1-24-13-7-11-12(8-14(13)25-2)20-17(18)21-15(11)19-10-5-3-4-9(6-10)16(22)23/h3-8H,1-2H3,(H,22,23)(H,19,20,21). The first-order valence-corrected chi connectivity index (χ1v) is 7.59. The normalized spacial score (nSPS) is 10.5. The van der Waals surface area contributed by atoms with Gasteiger partial charge in [-0.1, -0.05) is 6.07 Å². The molecule has 0 saturated carbocycles. The van der Waals surface area contributed by atoms with Crippen LogP contribution in [-0.2, 0) is 0 Å². The zero-order chi connectivity index (χ0) is 18.0. The lowest BCUT2D eigenvalue weighted by molar-refractivity contribution is 0.0697. The van der Waals surface area contributed by atoms with Gasteiger partial charge in [-0.3, -0.25) is 0 Å². The molecule has 0 fully saturated rings. The summed E-state index contributed by atoms with van der Waals surface area (Å²) >= 11 is 6.01. The van der Waals surface area contributed by atoms with Crippen molar-refractivity contribution in [3.8, 4) is 11.5 Å². The van der Waals surface area contributed by atoms with Crippen LogP contribution in [0.2, 0.25) is 5.28 Å². The Morgan fingerprint density at radius 2 is 1.84 bits per heavy atom. The number of aromatic nitrogens is 2. The fourth-order valence-corrected chi connectivity index (χ4v) is 2.56. The predicted octanol–water partition coefficient (Wildman–Crippen LogP) is 3.74. The molecule has 1 aromatic heterocycles. The average molecular weight is 360 g/mol. The monoisotopic (exact) mass is 359 g/mol. The van der Waals surface area contributed by atoms with Gasteiger partial charge in [0.15, 0.2) is 11.5 Å². The minimum atomic E-state index is -1.01. The number of benzene rings is 2. The summed E-state index contributed by atoms with van der Waals surface area (Å²) in [6.45, 7) is 0. The molecule has 128 valence electrons. The number of ether oxygens (including phenoxy) is 2. The third-order valence-corrected chi connectivity index (χ3v) is 3.72. The Bertz CT molecular complexity index is 962. The van der Waals surface area contributed by atoms with Gasteiger partial charge in [-0.05, 0) is 35.9 Å². The number of hydrogen-bond donors (Lipinski definition) is 2. The van der Waals surface area contributed by atoms with E-state index in [9.17, 15) is 4.79 Å². The zero-order valence-electron chi connectivity index (χ0n) is 13.4. The zero-order valence-corrected chi connectivity index (χ0v) is 14.2. The number of rotatable bonds is 5. The minimum Gasteiger partial charge on any atom is -0.493 e. The van der Waals surface area contributed by atoms with Crippen LogP contribution in [0.4, 0.5) is 11.5 Å². The summed E-state index contributed by atoms with van der Waals surface area (Å²) in [7, 11) is 3.06. The van der Waals surface area contributed by atoms with Crippen LogP contribution < -0.4 is 14.8 Å². The summed E-state index contributed by atoms with van der Waals surface area (Å²) in [5.74, 6) is 0.450. The van der Waals surface area contributed by atoms with Crippen molar-refractivity contribution in [1.29, 1.82) is 0 Å². The molecule has 2 aromatic carbocycles. The van der Waals surface area contributed by atoms with Gasteiger partial charge in [0.25, 0.3) is 0 Å². The summed E-state index contributed by atoms with van der Waals surface area (Å²) in [5, 5.41) is 12.9. The van der Waals surface area contributed by atoms with Crippen molar-refractivity contribution in [2.24, 2.45) is 0 Å². The maximum absolute atomic E-state index is 11.1. The highest BCUT2D eigenvalue weighted by atomic mass is 35.5. The number of fused-ring (bicyclic) bond motifs is 1. The Balaban J connectivity index is 2.12. The SMILES string of the molecule is COc1cc2nc(Cl)nc(Nc3cccc(C(=O)O)c3)c2cc1OC. The predicted molar refractivity (Wildman–Crippen MR) is 94.3 cm³/mol. The van der Waals surface area contributed by atoms with E-state index in [2.05, 4.69) is 15.3 Å². The van der Waals surface area contributed by atoms with Crippen molar-refractivity contribution in [1.82, 2.24) is 9.97 Å². The van der Waals surface area contributed by atoms with E-state index in [1.165, 1.54) is 26.4 Å². The summed E-state index contributed by atoms with van der Waals surface area (Å²) in [6, 6.07) is 9.81. The number of nitrogens with one attached hydrogen (secondary N) is 1. The highest BCUT2D eigenvalue weighted by molar-refractivity contribution is 6.28. The van der Waals surface area contributed by atoms with Crippen molar-refractivity contribution in [2.45, 2.75) is 0 Å². The van der Waals surface area contributed by atoms with Crippen molar-refractivity contribution in [3.05, 3.63) is 47.2 Å². The van der Waals surface area contributed by atoms with Crippen molar-refractivity contribution in [3.63, 3.8) is 0 Å². The van der Waals surface area contributed by atoms with Gasteiger partial charge in [-0.15, -0.1) is 0 Å². The lowest BCUT2D eigenvalue weighted by Gasteiger charge is -2.13. The van der Waals surface area contributed by atoms with E-state index in [4.69, 9.17) is 26.2 Å². The molecule has 8 heteroatoms. The number of anilines is 2. The molecule has 3 rings (SSSR count). The van der Waals surface area contributed by atoms with E-state index >= 15 is 0 Å². The third-order valence-electron chi connectivity index (χ3n) is 3.55. The number of aromatic carboxylic acids is 1. The topological polar surface area (TPSA) is 93.6 Å². The molecular formula is C17H14ClN3O4. The molecule has 0 unspecified atom stereocenters. The summed E-state index contributed by atoms with van der Waals surface area (Å²) in [6.07, 6.45) is 0. The second-order valence-electron chi connectivity index (χ2n) is 5.08. The average Bonchev–Trinajstić information content (AvgIpc) is 2.60. The number of carboxylic acids is 1. The Hall–Kier alpha value is -3.06. The molecule has 0 atom stereocenters. The van der Waals surface area contributed by atoms with Crippen molar-refractivity contribution < 1.29 is 19.4 Å². The Kier molecular flexibility index (Phi) is 4.58. The molecule has 0 bridgehead atoms. The molecule has 3 aromatic rings. The van der Waals surface area contributed by atoms with Crippen LogP contribution in [0, 0.1) is 0 Å². The molecule has 0 radical (unpaired) electrons. The number of halogens is 1. The van der Waals surface area contributed by atoms with Gasteiger partial charge in [0, 0.05) is 17.1 Å². The maximum Gasteiger partial charge on any atom is 0.335 e. The fourth-order valence-electron chi connectivity index (χ4n) is 2.39. The molecule has 7 nitrogen and oxygen atoms in total. The van der Waals surface area contributed by atoms with Gasteiger partial charge in [-0.2, -0.15) is 4.98 Å². The van der Waals surface area contributed by atoms with E-state index in [0.717, 1.165) is 0 Å². The van der Waals surface area contributed by atoms with Crippen LogP contribution in [0.5, 0.6) is 11.5 Å². The Labute approximate surface area is 148 Å². The largest absolute Gasteiger partial charge is 0.493 e. The van der Waals surface area contributed by atoms with Crippen LogP contribution in [0.15, 0.2) is 36.4 Å². The van der Waals surface area contributed by atoms with Crippen molar-refractivity contribution in [2.75, 3.05) is 19.5 Å². The highest BCUT2D eigenvalue weighted by Gasteiger charge is 2.13. The number of hydrogen-bond acceptors (Lipinski definition) is 6. The van der Waals surface area contributed by atoms with Gasteiger partial charge in [-0.25, -0.2) is 9.78 Å². The second-order valence-corrected chi connectivity index (χ2v) is 5.41.